The van der Waals surface area contributed by atoms with E-state index in [9.17, 15) is 4.79 Å². The number of benzene rings is 2. The summed E-state index contributed by atoms with van der Waals surface area (Å²) in [7, 11) is 3.14. The smallest absolute Gasteiger partial charge is 0.193 e. The first kappa shape index (κ1) is 14.1. The minimum absolute atomic E-state index is 0.0281. The summed E-state index contributed by atoms with van der Waals surface area (Å²) in [5.41, 5.74) is 3.37. The molecule has 0 atom stereocenters. The summed E-state index contributed by atoms with van der Waals surface area (Å²) >= 11 is 0. The average Bonchev–Trinajstić information content (AvgIpc) is 2.46. The molecule has 2 rings (SSSR count). The van der Waals surface area contributed by atoms with E-state index in [0.29, 0.717) is 22.6 Å². The zero-order chi connectivity index (χ0) is 14.7. The number of hydrogen-bond acceptors (Lipinski definition) is 3. The Bertz CT molecular complexity index is 622. The van der Waals surface area contributed by atoms with Crippen LogP contribution in [0.1, 0.15) is 27.0 Å². The van der Waals surface area contributed by atoms with Gasteiger partial charge in [0, 0.05) is 17.2 Å². The van der Waals surface area contributed by atoms with Gasteiger partial charge in [0.25, 0.3) is 0 Å². The molecule has 0 aliphatic heterocycles. The normalized spacial score (nSPS) is 10.2. The number of aryl methyl sites for hydroxylation is 2. The average molecular weight is 270 g/mol. The van der Waals surface area contributed by atoms with E-state index in [1.807, 2.05) is 32.0 Å². The molecule has 0 saturated carbocycles. The molecule has 0 fully saturated rings. The van der Waals surface area contributed by atoms with E-state index < -0.39 is 0 Å². The summed E-state index contributed by atoms with van der Waals surface area (Å²) in [4.78, 5) is 12.6. The Kier molecular flexibility index (Phi) is 4.08. The molecule has 0 saturated heterocycles. The van der Waals surface area contributed by atoms with Crippen molar-refractivity contribution < 1.29 is 14.3 Å². The molecule has 2 aromatic rings. The van der Waals surface area contributed by atoms with Crippen LogP contribution >= 0.6 is 0 Å². The molecule has 2 aromatic carbocycles. The lowest BCUT2D eigenvalue weighted by atomic mass is 9.97. The number of ketones is 1. The Hall–Kier alpha value is -2.29. The maximum Gasteiger partial charge on any atom is 0.193 e. The molecule has 0 N–H and O–H groups in total. The molecule has 0 bridgehead atoms. The predicted molar refractivity (Wildman–Crippen MR) is 78.9 cm³/mol. The van der Waals surface area contributed by atoms with Gasteiger partial charge in [-0.3, -0.25) is 4.79 Å². The van der Waals surface area contributed by atoms with Gasteiger partial charge in [0.15, 0.2) is 5.78 Å². The Morgan fingerprint density at radius 3 is 2.00 bits per heavy atom. The molecule has 0 radical (unpaired) electrons. The van der Waals surface area contributed by atoms with Crippen LogP contribution in [-0.4, -0.2) is 20.0 Å². The number of carbonyl (C=O) groups is 1. The molecule has 104 valence electrons. The van der Waals surface area contributed by atoms with Gasteiger partial charge >= 0.3 is 0 Å². The lowest BCUT2D eigenvalue weighted by molar-refractivity contribution is 0.103. The first-order chi connectivity index (χ1) is 9.55. The van der Waals surface area contributed by atoms with Crippen molar-refractivity contribution in [3.63, 3.8) is 0 Å². The summed E-state index contributed by atoms with van der Waals surface area (Å²) in [6.07, 6.45) is 0. The van der Waals surface area contributed by atoms with E-state index >= 15 is 0 Å². The number of rotatable bonds is 4. The van der Waals surface area contributed by atoms with Crippen LogP contribution in [0.2, 0.25) is 0 Å². The Morgan fingerprint density at radius 1 is 0.900 bits per heavy atom. The molecule has 0 aromatic heterocycles. The topological polar surface area (TPSA) is 35.5 Å². The van der Waals surface area contributed by atoms with Gasteiger partial charge in [0.05, 0.1) is 14.2 Å². The molecule has 20 heavy (non-hydrogen) atoms. The Balaban J connectivity index is 2.47. The van der Waals surface area contributed by atoms with Crippen LogP contribution in [0.5, 0.6) is 11.5 Å². The van der Waals surface area contributed by atoms with Crippen molar-refractivity contribution in [2.24, 2.45) is 0 Å². The van der Waals surface area contributed by atoms with Crippen LogP contribution in [0.15, 0.2) is 36.4 Å². The molecule has 0 heterocycles. The van der Waals surface area contributed by atoms with E-state index in [4.69, 9.17) is 9.47 Å². The van der Waals surface area contributed by atoms with E-state index in [-0.39, 0.29) is 5.78 Å². The number of methoxy groups -OCH3 is 2. The van der Waals surface area contributed by atoms with E-state index in [1.54, 1.807) is 32.4 Å². The molecule has 0 aliphatic carbocycles. The van der Waals surface area contributed by atoms with Gasteiger partial charge in [-0.05, 0) is 31.5 Å². The fourth-order valence-corrected chi connectivity index (χ4v) is 2.16. The molecule has 0 amide bonds. The van der Waals surface area contributed by atoms with Crippen molar-refractivity contribution in [1.29, 1.82) is 0 Å². The summed E-state index contributed by atoms with van der Waals surface area (Å²) in [5, 5.41) is 0. The zero-order valence-corrected chi connectivity index (χ0v) is 12.2. The number of carbonyl (C=O) groups excluding carboxylic acids is 1. The van der Waals surface area contributed by atoms with Crippen molar-refractivity contribution in [1.82, 2.24) is 0 Å². The fraction of sp³-hybridized carbons (Fsp3) is 0.235. The van der Waals surface area contributed by atoms with Gasteiger partial charge in [-0.15, -0.1) is 0 Å². The van der Waals surface area contributed by atoms with Crippen LogP contribution in [0.3, 0.4) is 0 Å². The van der Waals surface area contributed by atoms with Crippen molar-refractivity contribution in [3.8, 4) is 11.5 Å². The van der Waals surface area contributed by atoms with Gasteiger partial charge in [-0.25, -0.2) is 0 Å². The standard InChI is InChI=1S/C17H18O3/c1-11-5-6-16(12(2)7-11)17(18)13-8-14(19-3)10-15(9-13)20-4/h5-10H,1-4H3. The van der Waals surface area contributed by atoms with Gasteiger partial charge in [-0.1, -0.05) is 23.8 Å². The first-order valence-corrected chi connectivity index (χ1v) is 6.40. The summed E-state index contributed by atoms with van der Waals surface area (Å²) in [6, 6.07) is 11.0. The maximum absolute atomic E-state index is 12.6. The monoisotopic (exact) mass is 270 g/mol. The summed E-state index contributed by atoms with van der Waals surface area (Å²) < 4.78 is 10.4. The molecular formula is C17H18O3. The van der Waals surface area contributed by atoms with Crippen LogP contribution in [0, 0.1) is 13.8 Å². The largest absolute Gasteiger partial charge is 0.497 e. The summed E-state index contributed by atoms with van der Waals surface area (Å²) in [6.45, 7) is 3.95. The molecule has 3 nitrogen and oxygen atoms in total. The lowest BCUT2D eigenvalue weighted by Crippen LogP contribution is -2.05. The van der Waals surface area contributed by atoms with E-state index in [0.717, 1.165) is 11.1 Å². The fourth-order valence-electron chi connectivity index (χ4n) is 2.16. The van der Waals surface area contributed by atoms with Crippen LogP contribution in [0.25, 0.3) is 0 Å². The van der Waals surface area contributed by atoms with E-state index in [1.165, 1.54) is 0 Å². The Labute approximate surface area is 119 Å². The van der Waals surface area contributed by atoms with Crippen LogP contribution in [0.4, 0.5) is 0 Å². The maximum atomic E-state index is 12.6. The number of hydrogen-bond donors (Lipinski definition) is 0. The van der Waals surface area contributed by atoms with Crippen LogP contribution in [-0.2, 0) is 0 Å². The van der Waals surface area contributed by atoms with Gasteiger partial charge in [0.1, 0.15) is 11.5 Å². The third-order valence-corrected chi connectivity index (χ3v) is 3.24. The van der Waals surface area contributed by atoms with Crippen molar-refractivity contribution >= 4 is 5.78 Å². The van der Waals surface area contributed by atoms with Crippen molar-refractivity contribution in [2.75, 3.05) is 14.2 Å². The van der Waals surface area contributed by atoms with E-state index in [2.05, 4.69) is 0 Å². The highest BCUT2D eigenvalue weighted by molar-refractivity contribution is 6.10. The van der Waals surface area contributed by atoms with Gasteiger partial charge in [-0.2, -0.15) is 0 Å². The third-order valence-electron chi connectivity index (χ3n) is 3.24. The third kappa shape index (κ3) is 2.82. The summed E-state index contributed by atoms with van der Waals surface area (Å²) in [5.74, 6) is 1.19. The van der Waals surface area contributed by atoms with Crippen LogP contribution < -0.4 is 9.47 Å². The van der Waals surface area contributed by atoms with Crippen molar-refractivity contribution in [2.45, 2.75) is 13.8 Å². The SMILES string of the molecule is COc1cc(OC)cc(C(=O)c2ccc(C)cc2C)c1. The minimum Gasteiger partial charge on any atom is -0.497 e. The lowest BCUT2D eigenvalue weighted by Gasteiger charge is -2.10. The van der Waals surface area contributed by atoms with Gasteiger partial charge in [0.2, 0.25) is 0 Å². The Morgan fingerprint density at radius 2 is 1.50 bits per heavy atom. The second-order valence-electron chi connectivity index (χ2n) is 4.75. The molecule has 0 unspecified atom stereocenters. The predicted octanol–water partition coefficient (Wildman–Crippen LogP) is 3.55. The molecule has 0 aliphatic rings. The molecule has 0 spiro atoms. The highest BCUT2D eigenvalue weighted by Crippen LogP contribution is 2.25. The minimum atomic E-state index is -0.0281. The molecular weight excluding hydrogens is 252 g/mol. The number of ether oxygens (including phenoxy) is 2. The van der Waals surface area contributed by atoms with Gasteiger partial charge < -0.3 is 9.47 Å². The molecule has 3 heteroatoms. The highest BCUT2D eigenvalue weighted by Gasteiger charge is 2.14. The zero-order valence-electron chi connectivity index (χ0n) is 12.2. The quantitative estimate of drug-likeness (QED) is 0.797. The van der Waals surface area contributed by atoms with Crippen molar-refractivity contribution in [3.05, 3.63) is 58.7 Å². The second-order valence-corrected chi connectivity index (χ2v) is 4.75. The second kappa shape index (κ2) is 5.78. The first-order valence-electron chi connectivity index (χ1n) is 6.40. The highest BCUT2D eigenvalue weighted by atomic mass is 16.5.